The molecule has 0 spiro atoms. The first kappa shape index (κ1) is 19.6. The van der Waals surface area contributed by atoms with E-state index in [1.54, 1.807) is 12.1 Å². The largest absolute Gasteiger partial charge is 0.368 e. The first-order valence-corrected chi connectivity index (χ1v) is 9.80. The van der Waals surface area contributed by atoms with Crippen molar-refractivity contribution < 1.29 is 8.78 Å². The molecule has 0 aliphatic carbocycles. The third-order valence-electron chi connectivity index (χ3n) is 5.12. The van der Waals surface area contributed by atoms with Crippen molar-refractivity contribution in [2.75, 3.05) is 17.6 Å². The number of nitrogens with two attached hydrogens (primary N) is 1. The molecule has 0 unspecified atom stereocenters. The van der Waals surface area contributed by atoms with Crippen molar-refractivity contribution in [3.63, 3.8) is 0 Å². The molecule has 0 radical (unpaired) electrons. The highest BCUT2D eigenvalue weighted by molar-refractivity contribution is 5.83. The van der Waals surface area contributed by atoms with Crippen molar-refractivity contribution in [2.45, 2.75) is 6.42 Å². The molecule has 0 atom stereocenters. The number of aromatic nitrogens is 5. The molecule has 0 aliphatic heterocycles. The second-order valence-corrected chi connectivity index (χ2v) is 7.21. The van der Waals surface area contributed by atoms with Crippen LogP contribution >= 0.6 is 0 Å². The number of nitrogen functional groups attached to an aromatic ring is 1. The van der Waals surface area contributed by atoms with E-state index in [-0.39, 0.29) is 5.95 Å². The molecule has 32 heavy (non-hydrogen) atoms. The van der Waals surface area contributed by atoms with Crippen LogP contribution < -0.4 is 16.6 Å². The number of rotatable bonds is 5. The molecule has 5 rings (SSSR count). The molecule has 160 valence electrons. The number of anilines is 2. The number of H-pyrrole nitrogens is 1. The van der Waals surface area contributed by atoms with Gasteiger partial charge in [0.25, 0.3) is 5.56 Å². The maximum atomic E-state index is 13.9. The molecular weight excluding hydrogens is 416 g/mol. The maximum Gasteiger partial charge on any atom is 0.263 e. The molecule has 8 nitrogen and oxygen atoms in total. The molecule has 0 saturated carbocycles. The standard InChI is InChI=1S/C22H17F2N7O/c23-14-3-1-2-12(8-14)17-13(9-16-5-4-15(24)10-31(16)21(17)32)6-7-26-19-18-20(28-11-27-18)30-22(25)29-19/h1-5,8-11H,6-7H2,(H4,25,26,27,28,29,30). The minimum absolute atomic E-state index is 0.0932. The molecule has 10 heteroatoms. The Bertz CT molecular complexity index is 1530. The molecule has 1 aromatic carbocycles. The Labute approximate surface area is 179 Å². The summed E-state index contributed by atoms with van der Waals surface area (Å²) in [5.74, 6) is -0.451. The summed E-state index contributed by atoms with van der Waals surface area (Å²) in [6.45, 7) is 0.386. The zero-order valence-corrected chi connectivity index (χ0v) is 16.6. The number of nitrogens with zero attached hydrogens (tertiary/aromatic N) is 4. The van der Waals surface area contributed by atoms with Crippen LogP contribution in [0.1, 0.15) is 5.56 Å². The third-order valence-corrected chi connectivity index (χ3v) is 5.12. The summed E-state index contributed by atoms with van der Waals surface area (Å²) in [7, 11) is 0. The first-order valence-electron chi connectivity index (χ1n) is 9.80. The van der Waals surface area contributed by atoms with Gasteiger partial charge in [-0.15, -0.1) is 0 Å². The topological polar surface area (TPSA) is 114 Å². The minimum atomic E-state index is -0.538. The molecule has 4 N–H and O–H groups in total. The van der Waals surface area contributed by atoms with Crippen molar-refractivity contribution in [1.82, 2.24) is 24.3 Å². The zero-order chi connectivity index (χ0) is 22.2. The van der Waals surface area contributed by atoms with Gasteiger partial charge in [-0.05, 0) is 47.9 Å². The van der Waals surface area contributed by atoms with Crippen LogP contribution in [0, 0.1) is 11.6 Å². The van der Waals surface area contributed by atoms with Crippen molar-refractivity contribution >= 4 is 28.4 Å². The van der Waals surface area contributed by atoms with Gasteiger partial charge in [0.15, 0.2) is 11.5 Å². The molecule has 0 amide bonds. The summed E-state index contributed by atoms with van der Waals surface area (Å²) in [4.78, 5) is 28.6. The fraction of sp³-hybridized carbons (Fsp3) is 0.0909. The number of aromatic amines is 1. The van der Waals surface area contributed by atoms with Gasteiger partial charge in [-0.2, -0.15) is 9.97 Å². The zero-order valence-electron chi connectivity index (χ0n) is 16.6. The molecule has 5 aromatic rings. The van der Waals surface area contributed by atoms with Gasteiger partial charge in [-0.25, -0.2) is 13.8 Å². The lowest BCUT2D eigenvalue weighted by Crippen LogP contribution is -2.20. The summed E-state index contributed by atoms with van der Waals surface area (Å²) >= 11 is 0. The summed E-state index contributed by atoms with van der Waals surface area (Å²) in [6, 6.07) is 10.4. The molecular formula is C22H17F2N7O. The number of pyridine rings is 2. The Morgan fingerprint density at radius 2 is 1.97 bits per heavy atom. The van der Waals surface area contributed by atoms with E-state index in [1.807, 2.05) is 0 Å². The lowest BCUT2D eigenvalue weighted by molar-refractivity contribution is 0.618. The average molecular weight is 433 g/mol. The van der Waals surface area contributed by atoms with Crippen LogP contribution in [-0.4, -0.2) is 30.9 Å². The van der Waals surface area contributed by atoms with Crippen LogP contribution in [0.4, 0.5) is 20.5 Å². The van der Waals surface area contributed by atoms with Crippen LogP contribution in [0.15, 0.2) is 59.8 Å². The Balaban J connectivity index is 1.55. The second-order valence-electron chi connectivity index (χ2n) is 7.21. The second kappa shape index (κ2) is 7.73. The van der Waals surface area contributed by atoms with Gasteiger partial charge < -0.3 is 16.0 Å². The highest BCUT2D eigenvalue weighted by atomic mass is 19.1. The van der Waals surface area contributed by atoms with Crippen LogP contribution in [0.3, 0.4) is 0 Å². The van der Waals surface area contributed by atoms with Crippen molar-refractivity contribution in [2.24, 2.45) is 0 Å². The lowest BCUT2D eigenvalue weighted by Gasteiger charge is -2.13. The van der Waals surface area contributed by atoms with Gasteiger partial charge in [-0.1, -0.05) is 12.1 Å². The van der Waals surface area contributed by atoms with Crippen LogP contribution in [0.25, 0.3) is 27.8 Å². The van der Waals surface area contributed by atoms with Crippen LogP contribution in [-0.2, 0) is 6.42 Å². The maximum absolute atomic E-state index is 13.9. The SMILES string of the molecule is Nc1nc(NCCc2cc3ccc(F)cn3c(=O)c2-c2cccc(F)c2)c2nc[nH]c2n1. The monoisotopic (exact) mass is 433 g/mol. The van der Waals surface area contributed by atoms with E-state index in [9.17, 15) is 13.6 Å². The number of imidazole rings is 1. The number of hydrogen-bond donors (Lipinski definition) is 3. The highest BCUT2D eigenvalue weighted by Crippen LogP contribution is 2.24. The van der Waals surface area contributed by atoms with E-state index in [2.05, 4.69) is 25.3 Å². The van der Waals surface area contributed by atoms with Gasteiger partial charge >= 0.3 is 0 Å². The van der Waals surface area contributed by atoms with E-state index in [1.165, 1.54) is 41.1 Å². The Morgan fingerprint density at radius 3 is 2.81 bits per heavy atom. The molecule has 0 saturated heterocycles. The summed E-state index contributed by atoms with van der Waals surface area (Å²) in [6.07, 6.45) is 3.03. The summed E-state index contributed by atoms with van der Waals surface area (Å²) < 4.78 is 28.9. The Morgan fingerprint density at radius 1 is 1.09 bits per heavy atom. The number of benzene rings is 1. The molecule has 4 heterocycles. The van der Waals surface area contributed by atoms with Gasteiger partial charge in [0.1, 0.15) is 17.2 Å². The van der Waals surface area contributed by atoms with Gasteiger partial charge in [0.2, 0.25) is 5.95 Å². The van der Waals surface area contributed by atoms with Crippen LogP contribution in [0.2, 0.25) is 0 Å². The van der Waals surface area contributed by atoms with Gasteiger partial charge in [0.05, 0.1) is 11.9 Å². The molecule has 0 bridgehead atoms. The van der Waals surface area contributed by atoms with Crippen LogP contribution in [0.5, 0.6) is 0 Å². The normalized spacial score (nSPS) is 11.3. The van der Waals surface area contributed by atoms with Gasteiger partial charge in [0, 0.05) is 18.3 Å². The smallest absolute Gasteiger partial charge is 0.263 e. The minimum Gasteiger partial charge on any atom is -0.368 e. The van der Waals surface area contributed by atoms with Crippen molar-refractivity contribution in [3.05, 3.63) is 82.5 Å². The number of hydrogen-bond acceptors (Lipinski definition) is 6. The van der Waals surface area contributed by atoms with E-state index in [0.29, 0.717) is 52.2 Å². The predicted molar refractivity (Wildman–Crippen MR) is 117 cm³/mol. The summed E-state index contributed by atoms with van der Waals surface area (Å²) in [5, 5.41) is 3.17. The fourth-order valence-electron chi connectivity index (χ4n) is 3.73. The number of halogens is 2. The highest BCUT2D eigenvalue weighted by Gasteiger charge is 2.15. The molecule has 4 aromatic heterocycles. The summed E-state index contributed by atoms with van der Waals surface area (Å²) in [5.41, 5.74) is 8.32. The number of fused-ring (bicyclic) bond motifs is 2. The number of nitrogens with one attached hydrogen (secondary N) is 2. The lowest BCUT2D eigenvalue weighted by atomic mass is 9.98. The predicted octanol–water partition coefficient (Wildman–Crippen LogP) is 3.15. The quantitative estimate of drug-likeness (QED) is 0.392. The Hall–Kier alpha value is -4.34. The van der Waals surface area contributed by atoms with Gasteiger partial charge in [-0.3, -0.25) is 9.20 Å². The first-order chi connectivity index (χ1) is 15.5. The van der Waals surface area contributed by atoms with E-state index in [0.717, 1.165) is 6.20 Å². The Kier molecular flexibility index (Phi) is 4.74. The molecule has 0 fully saturated rings. The van der Waals surface area contributed by atoms with E-state index < -0.39 is 17.2 Å². The fourth-order valence-corrected chi connectivity index (χ4v) is 3.73. The van der Waals surface area contributed by atoms with Crippen molar-refractivity contribution in [3.8, 4) is 11.1 Å². The van der Waals surface area contributed by atoms with E-state index >= 15 is 0 Å². The third kappa shape index (κ3) is 3.51. The van der Waals surface area contributed by atoms with E-state index in [4.69, 9.17) is 5.73 Å². The van der Waals surface area contributed by atoms with Crippen molar-refractivity contribution in [1.29, 1.82) is 0 Å². The molecule has 0 aliphatic rings. The average Bonchev–Trinajstić information content (AvgIpc) is 3.23.